The number of benzene rings is 1. The van der Waals surface area contributed by atoms with E-state index in [2.05, 4.69) is 25.8 Å². The summed E-state index contributed by atoms with van der Waals surface area (Å²) in [5.41, 5.74) is 2.64. The maximum atomic E-state index is 6.07. The van der Waals surface area contributed by atoms with Gasteiger partial charge in [0.05, 0.1) is 0 Å². The van der Waals surface area contributed by atoms with Gasteiger partial charge < -0.3 is 9.32 Å². The molecule has 5 heteroatoms. The first kappa shape index (κ1) is 12.4. The van der Waals surface area contributed by atoms with Crippen LogP contribution in [0.5, 0.6) is 0 Å². The van der Waals surface area contributed by atoms with Gasteiger partial charge in [0.1, 0.15) is 17.4 Å². The zero-order chi connectivity index (χ0) is 14.5. The van der Waals surface area contributed by atoms with Crippen LogP contribution < -0.4 is 4.90 Å². The van der Waals surface area contributed by atoms with Crippen molar-refractivity contribution in [3.8, 4) is 0 Å². The average molecular weight is 294 g/mol. The molecule has 5 nitrogen and oxygen atoms in total. The third-order valence-electron chi connectivity index (χ3n) is 5.03. The van der Waals surface area contributed by atoms with E-state index in [1.54, 1.807) is 6.33 Å². The van der Waals surface area contributed by atoms with E-state index >= 15 is 0 Å². The van der Waals surface area contributed by atoms with Crippen molar-refractivity contribution in [3.63, 3.8) is 0 Å². The molecule has 2 saturated heterocycles. The number of fused-ring (bicyclic) bond motifs is 4. The van der Waals surface area contributed by atoms with Gasteiger partial charge in [-0.25, -0.2) is 9.97 Å². The summed E-state index contributed by atoms with van der Waals surface area (Å²) in [6.45, 7) is 4.43. The molecule has 0 saturated carbocycles. The number of hydrogen-bond acceptors (Lipinski definition) is 5. The lowest BCUT2D eigenvalue weighted by atomic mass is 10.1. The van der Waals surface area contributed by atoms with E-state index in [4.69, 9.17) is 4.42 Å². The van der Waals surface area contributed by atoms with Crippen LogP contribution in [0.4, 0.5) is 5.82 Å². The highest BCUT2D eigenvalue weighted by molar-refractivity contribution is 6.05. The second-order valence-corrected chi connectivity index (χ2v) is 6.25. The van der Waals surface area contributed by atoms with Crippen LogP contribution in [0.3, 0.4) is 0 Å². The van der Waals surface area contributed by atoms with Crippen molar-refractivity contribution in [2.75, 3.05) is 31.1 Å². The first-order chi connectivity index (χ1) is 10.9. The van der Waals surface area contributed by atoms with E-state index in [1.165, 1.54) is 19.4 Å². The molecular formula is C17H18N4O. The monoisotopic (exact) mass is 294 g/mol. The highest BCUT2D eigenvalue weighted by Gasteiger charge is 2.32. The minimum absolute atomic E-state index is 0.670. The largest absolute Gasteiger partial charge is 0.450 e. The lowest BCUT2D eigenvalue weighted by molar-refractivity contribution is 0.230. The predicted molar refractivity (Wildman–Crippen MR) is 86.1 cm³/mol. The Labute approximate surface area is 128 Å². The molecule has 0 radical (unpaired) electrons. The first-order valence-electron chi connectivity index (χ1n) is 8.01. The number of aromatic nitrogens is 2. The Morgan fingerprint density at radius 2 is 2.05 bits per heavy atom. The average Bonchev–Trinajstić information content (AvgIpc) is 3.18. The summed E-state index contributed by atoms with van der Waals surface area (Å²) in [6.07, 6.45) is 4.29. The molecule has 1 atom stereocenters. The summed E-state index contributed by atoms with van der Waals surface area (Å²) in [6, 6.07) is 8.75. The second kappa shape index (κ2) is 4.68. The molecule has 2 aromatic heterocycles. The fraction of sp³-hybridized carbons (Fsp3) is 0.412. The minimum atomic E-state index is 0.670. The van der Waals surface area contributed by atoms with Gasteiger partial charge in [-0.3, -0.25) is 4.90 Å². The molecule has 22 heavy (non-hydrogen) atoms. The molecule has 0 amide bonds. The van der Waals surface area contributed by atoms with Gasteiger partial charge >= 0.3 is 0 Å². The van der Waals surface area contributed by atoms with Crippen LogP contribution in [0.1, 0.15) is 12.8 Å². The quantitative estimate of drug-likeness (QED) is 0.690. The van der Waals surface area contributed by atoms with Gasteiger partial charge in [0.25, 0.3) is 0 Å². The van der Waals surface area contributed by atoms with Crippen molar-refractivity contribution in [2.45, 2.75) is 18.9 Å². The van der Waals surface area contributed by atoms with Gasteiger partial charge in [-0.1, -0.05) is 12.1 Å². The van der Waals surface area contributed by atoms with Crippen LogP contribution in [0.25, 0.3) is 22.1 Å². The first-order valence-corrected chi connectivity index (χ1v) is 8.01. The lowest BCUT2D eigenvalue weighted by Crippen LogP contribution is -2.50. The molecule has 112 valence electrons. The van der Waals surface area contributed by atoms with Gasteiger partial charge in [-0.2, -0.15) is 0 Å². The van der Waals surface area contributed by atoms with Crippen molar-refractivity contribution < 1.29 is 4.42 Å². The summed E-state index contributed by atoms with van der Waals surface area (Å²) in [4.78, 5) is 14.0. The van der Waals surface area contributed by atoms with Crippen molar-refractivity contribution in [1.29, 1.82) is 0 Å². The van der Waals surface area contributed by atoms with Crippen molar-refractivity contribution in [1.82, 2.24) is 14.9 Å². The Kier molecular flexibility index (Phi) is 2.64. The number of furan rings is 1. The zero-order valence-electron chi connectivity index (χ0n) is 12.4. The van der Waals surface area contributed by atoms with Crippen LogP contribution in [0.15, 0.2) is 35.0 Å². The van der Waals surface area contributed by atoms with Crippen molar-refractivity contribution in [3.05, 3.63) is 30.6 Å². The van der Waals surface area contributed by atoms with Crippen LogP contribution in [-0.2, 0) is 0 Å². The number of rotatable bonds is 1. The third kappa shape index (κ3) is 1.75. The summed E-state index contributed by atoms with van der Waals surface area (Å²) in [5.74, 6) is 0.952. The number of anilines is 1. The van der Waals surface area contributed by atoms with Crippen LogP contribution >= 0.6 is 0 Å². The number of nitrogens with zero attached hydrogens (tertiary/aromatic N) is 4. The van der Waals surface area contributed by atoms with Crippen LogP contribution in [0, 0.1) is 0 Å². The maximum Gasteiger partial charge on any atom is 0.196 e. The van der Waals surface area contributed by atoms with Gasteiger partial charge in [0.2, 0.25) is 0 Å². The molecule has 1 aromatic carbocycles. The highest BCUT2D eigenvalue weighted by atomic mass is 16.3. The van der Waals surface area contributed by atoms with E-state index in [0.717, 1.165) is 47.5 Å². The molecule has 2 aliphatic rings. The van der Waals surface area contributed by atoms with E-state index in [-0.39, 0.29) is 0 Å². The Morgan fingerprint density at radius 3 is 3.05 bits per heavy atom. The highest BCUT2D eigenvalue weighted by Crippen LogP contribution is 2.33. The van der Waals surface area contributed by atoms with Gasteiger partial charge in [0.15, 0.2) is 11.4 Å². The summed E-state index contributed by atoms with van der Waals surface area (Å²) >= 11 is 0. The van der Waals surface area contributed by atoms with Crippen LogP contribution in [-0.4, -0.2) is 47.1 Å². The fourth-order valence-electron chi connectivity index (χ4n) is 3.92. The summed E-state index contributed by atoms with van der Waals surface area (Å²) in [7, 11) is 0. The van der Waals surface area contributed by atoms with E-state index in [9.17, 15) is 0 Å². The molecule has 0 bridgehead atoms. The molecule has 0 N–H and O–H groups in total. The molecule has 2 aliphatic heterocycles. The molecule has 0 unspecified atom stereocenters. The molecular weight excluding hydrogens is 276 g/mol. The Balaban J connectivity index is 1.62. The summed E-state index contributed by atoms with van der Waals surface area (Å²) in [5, 5.41) is 1.07. The maximum absolute atomic E-state index is 6.07. The van der Waals surface area contributed by atoms with Gasteiger partial charge in [0, 0.05) is 31.1 Å². The minimum Gasteiger partial charge on any atom is -0.450 e. The number of piperazine rings is 1. The summed E-state index contributed by atoms with van der Waals surface area (Å²) < 4.78 is 6.07. The lowest BCUT2D eigenvalue weighted by Gasteiger charge is -2.37. The topological polar surface area (TPSA) is 45.4 Å². The zero-order valence-corrected chi connectivity index (χ0v) is 12.4. The smallest absolute Gasteiger partial charge is 0.196 e. The molecule has 2 fully saturated rings. The SMILES string of the molecule is c1ccc2c(c1)oc1c(N3CCN4CCC[C@@H]4C3)ncnc12. The van der Waals surface area contributed by atoms with Crippen LogP contribution in [0.2, 0.25) is 0 Å². The van der Waals surface area contributed by atoms with Crippen molar-refractivity contribution >= 4 is 27.9 Å². The predicted octanol–water partition coefficient (Wildman–Crippen LogP) is 2.66. The van der Waals surface area contributed by atoms with E-state index in [0.29, 0.717) is 6.04 Å². The van der Waals surface area contributed by atoms with Crippen molar-refractivity contribution in [2.24, 2.45) is 0 Å². The third-order valence-corrected chi connectivity index (χ3v) is 5.03. The number of para-hydroxylation sites is 1. The molecule has 4 heterocycles. The Morgan fingerprint density at radius 1 is 1.09 bits per heavy atom. The van der Waals surface area contributed by atoms with Gasteiger partial charge in [-0.05, 0) is 31.5 Å². The number of hydrogen-bond donors (Lipinski definition) is 0. The van der Waals surface area contributed by atoms with E-state index in [1.807, 2.05) is 18.2 Å². The van der Waals surface area contributed by atoms with E-state index < -0.39 is 0 Å². The Bertz CT molecular complexity index is 843. The molecule has 0 spiro atoms. The molecule has 5 rings (SSSR count). The standard InChI is InChI=1S/C17H18N4O/c1-2-6-14-13(5-1)15-16(22-14)17(19-11-18-15)21-9-8-20-7-3-4-12(20)10-21/h1-2,5-6,11-12H,3-4,7-10H2/t12-/m1/s1. The molecule has 3 aromatic rings. The second-order valence-electron chi connectivity index (χ2n) is 6.25. The Hall–Kier alpha value is -2.14. The normalized spacial score (nSPS) is 22.5. The molecule has 0 aliphatic carbocycles. The van der Waals surface area contributed by atoms with Gasteiger partial charge in [-0.15, -0.1) is 0 Å². The fourth-order valence-corrected chi connectivity index (χ4v) is 3.92.